The van der Waals surface area contributed by atoms with Crippen LogP contribution < -0.4 is 0 Å². The summed E-state index contributed by atoms with van der Waals surface area (Å²) >= 11 is 1.47. The van der Waals surface area contributed by atoms with Crippen LogP contribution in [0.2, 0.25) is 0 Å². The maximum atomic E-state index is 11.1. The number of aliphatic hydroxyl groups is 1. The highest BCUT2D eigenvalue weighted by Gasteiger charge is 2.01. The molecular weight excluding hydrogens is 266 g/mol. The minimum atomic E-state index is -3.34. The molecule has 0 atom stereocenters. The highest BCUT2D eigenvalue weighted by molar-refractivity contribution is 7.99. The van der Waals surface area contributed by atoms with Gasteiger partial charge in [0.05, 0.1) is 25.9 Å². The average molecular weight is 283 g/mol. The second-order valence-electron chi connectivity index (χ2n) is 3.12. The molecule has 0 radical (unpaired) electrons. The van der Waals surface area contributed by atoms with Crippen LogP contribution in [0, 0.1) is 0 Å². The minimum absolute atomic E-state index is 0.0989. The first-order valence-electron chi connectivity index (χ1n) is 5.03. The van der Waals surface area contributed by atoms with Gasteiger partial charge in [-0.3, -0.25) is 4.79 Å². The number of hydrogen-bond acceptors (Lipinski definition) is 6. The summed E-state index contributed by atoms with van der Waals surface area (Å²) in [6, 6.07) is 0. The van der Waals surface area contributed by atoms with E-state index in [0.29, 0.717) is 11.5 Å². The largest absolute Gasteiger partial charge is 0.465 e. The van der Waals surface area contributed by atoms with Gasteiger partial charge in [0.15, 0.2) is 0 Å². The number of ether oxygens (including phenoxy) is 1. The van der Waals surface area contributed by atoms with E-state index < -0.39 is 10.0 Å². The van der Waals surface area contributed by atoms with E-state index in [4.69, 9.17) is 9.84 Å². The fourth-order valence-electron chi connectivity index (χ4n) is 0.808. The van der Waals surface area contributed by atoms with E-state index in [2.05, 4.69) is 4.40 Å². The molecule has 0 aliphatic carbocycles. The number of aliphatic hydroxyl groups excluding tert-OH is 1. The van der Waals surface area contributed by atoms with Gasteiger partial charge in [0.2, 0.25) is 10.0 Å². The summed E-state index contributed by atoms with van der Waals surface area (Å²) in [5, 5.41) is 8.50. The molecule has 0 spiro atoms. The van der Waals surface area contributed by atoms with Gasteiger partial charge in [-0.2, -0.15) is 16.2 Å². The quantitative estimate of drug-likeness (QED) is 0.365. The molecular formula is C9H17NO5S2. The van der Waals surface area contributed by atoms with Crippen molar-refractivity contribution in [1.82, 2.24) is 0 Å². The zero-order valence-electron chi connectivity index (χ0n) is 9.66. The maximum absolute atomic E-state index is 11.1. The van der Waals surface area contributed by atoms with E-state index in [1.165, 1.54) is 18.0 Å². The number of thioether (sulfide) groups is 1. The third-order valence-corrected chi connectivity index (χ3v) is 2.96. The topological polar surface area (TPSA) is 93.0 Å². The molecule has 0 aliphatic heterocycles. The molecule has 1 N–H and O–H groups in total. The molecule has 6 nitrogen and oxygen atoms in total. The maximum Gasteiger partial charge on any atom is 0.306 e. The predicted molar refractivity (Wildman–Crippen MR) is 67.9 cm³/mol. The van der Waals surface area contributed by atoms with Crippen molar-refractivity contribution in [1.29, 1.82) is 0 Å². The number of carbonyl (C=O) groups is 1. The van der Waals surface area contributed by atoms with E-state index >= 15 is 0 Å². The summed E-state index contributed by atoms with van der Waals surface area (Å²) in [7, 11) is -3.34. The molecule has 17 heavy (non-hydrogen) atoms. The van der Waals surface area contributed by atoms with Gasteiger partial charge in [-0.1, -0.05) is 0 Å². The SMILES string of the molecule is CS(=O)(=O)/N=C/CCOC(=O)CCSCCO. The Morgan fingerprint density at radius 3 is 2.76 bits per heavy atom. The molecule has 0 heterocycles. The van der Waals surface area contributed by atoms with Gasteiger partial charge >= 0.3 is 5.97 Å². The van der Waals surface area contributed by atoms with Crippen LogP contribution in [0.1, 0.15) is 12.8 Å². The van der Waals surface area contributed by atoms with E-state index in [1.807, 2.05) is 0 Å². The lowest BCUT2D eigenvalue weighted by Crippen LogP contribution is -2.07. The van der Waals surface area contributed by atoms with Gasteiger partial charge in [-0.15, -0.1) is 0 Å². The van der Waals surface area contributed by atoms with Crippen molar-refractivity contribution in [2.75, 3.05) is 31.0 Å². The van der Waals surface area contributed by atoms with E-state index in [1.54, 1.807) is 0 Å². The van der Waals surface area contributed by atoms with Gasteiger partial charge in [-0.25, -0.2) is 8.42 Å². The summed E-state index contributed by atoms with van der Waals surface area (Å²) in [6.07, 6.45) is 2.77. The van der Waals surface area contributed by atoms with Crippen molar-refractivity contribution in [3.63, 3.8) is 0 Å². The van der Waals surface area contributed by atoms with Crippen LogP contribution in [0.25, 0.3) is 0 Å². The predicted octanol–water partition coefficient (Wildman–Crippen LogP) is 0.0657. The van der Waals surface area contributed by atoms with E-state index in [9.17, 15) is 13.2 Å². The number of sulfonamides is 1. The monoisotopic (exact) mass is 283 g/mol. The smallest absolute Gasteiger partial charge is 0.306 e. The molecule has 0 saturated heterocycles. The summed E-state index contributed by atoms with van der Waals surface area (Å²) in [4.78, 5) is 11.1. The second-order valence-corrected chi connectivity index (χ2v) is 6.02. The molecule has 0 rings (SSSR count). The lowest BCUT2D eigenvalue weighted by Gasteiger charge is -2.02. The number of hydrogen-bond donors (Lipinski definition) is 1. The lowest BCUT2D eigenvalue weighted by atomic mass is 10.5. The van der Waals surface area contributed by atoms with Gasteiger partial charge in [0.25, 0.3) is 0 Å². The van der Waals surface area contributed by atoms with Crippen LogP contribution in [0.4, 0.5) is 0 Å². The van der Waals surface area contributed by atoms with Crippen molar-refractivity contribution in [2.45, 2.75) is 12.8 Å². The number of nitrogens with zero attached hydrogens (tertiary/aromatic N) is 1. The first kappa shape index (κ1) is 16.4. The Morgan fingerprint density at radius 2 is 2.18 bits per heavy atom. The minimum Gasteiger partial charge on any atom is -0.465 e. The molecule has 0 saturated carbocycles. The third-order valence-electron chi connectivity index (χ3n) is 1.46. The van der Waals surface area contributed by atoms with Crippen molar-refractivity contribution < 1.29 is 23.1 Å². The molecule has 0 aromatic rings. The standard InChI is InChI=1S/C9H17NO5S2/c1-17(13,14)10-4-2-6-15-9(12)3-7-16-8-5-11/h4,11H,2-3,5-8H2,1H3/b10-4+. The Bertz CT molecular complexity index is 339. The zero-order valence-corrected chi connectivity index (χ0v) is 11.3. The van der Waals surface area contributed by atoms with E-state index in [-0.39, 0.29) is 32.0 Å². The first-order valence-corrected chi connectivity index (χ1v) is 8.04. The molecule has 0 aromatic heterocycles. The number of rotatable bonds is 9. The van der Waals surface area contributed by atoms with Crippen LogP contribution in [0.5, 0.6) is 0 Å². The number of esters is 1. The Kier molecular flexibility index (Phi) is 9.10. The third kappa shape index (κ3) is 13.3. The lowest BCUT2D eigenvalue weighted by molar-refractivity contribution is -0.142. The van der Waals surface area contributed by atoms with Gasteiger partial charge in [-0.05, 0) is 0 Å². The fourth-order valence-corrected chi connectivity index (χ4v) is 1.83. The van der Waals surface area contributed by atoms with Crippen LogP contribution in [0.3, 0.4) is 0 Å². The van der Waals surface area contributed by atoms with Crippen molar-refractivity contribution in [3.05, 3.63) is 0 Å². The molecule has 100 valence electrons. The van der Waals surface area contributed by atoms with Crippen LogP contribution in [-0.2, 0) is 19.6 Å². The van der Waals surface area contributed by atoms with Gasteiger partial charge in [0, 0.05) is 24.1 Å². The molecule has 0 fully saturated rings. The molecule has 8 heteroatoms. The molecule has 0 unspecified atom stereocenters. The van der Waals surface area contributed by atoms with Crippen molar-refractivity contribution >= 4 is 34.0 Å². The highest BCUT2D eigenvalue weighted by atomic mass is 32.2. The fraction of sp³-hybridized carbons (Fsp3) is 0.778. The molecule has 0 amide bonds. The normalized spacial score (nSPS) is 11.9. The Labute approximate surface area is 106 Å². The van der Waals surface area contributed by atoms with Crippen molar-refractivity contribution in [3.8, 4) is 0 Å². The Balaban J connectivity index is 3.49. The summed E-state index contributed by atoms with van der Waals surface area (Å²) < 4.78 is 29.3. The van der Waals surface area contributed by atoms with Crippen LogP contribution >= 0.6 is 11.8 Å². The van der Waals surface area contributed by atoms with E-state index in [0.717, 1.165) is 6.26 Å². The highest BCUT2D eigenvalue weighted by Crippen LogP contribution is 2.02. The summed E-state index contributed by atoms with van der Waals surface area (Å²) in [5.41, 5.74) is 0. The molecule has 0 bridgehead atoms. The van der Waals surface area contributed by atoms with Crippen LogP contribution in [-0.4, -0.2) is 56.7 Å². The zero-order chi connectivity index (χ0) is 13.1. The van der Waals surface area contributed by atoms with Gasteiger partial charge < -0.3 is 9.84 Å². The van der Waals surface area contributed by atoms with Crippen molar-refractivity contribution in [2.24, 2.45) is 4.40 Å². The van der Waals surface area contributed by atoms with Crippen LogP contribution in [0.15, 0.2) is 4.40 Å². The average Bonchev–Trinajstić information content (AvgIpc) is 2.22. The molecule has 0 aliphatic rings. The summed E-state index contributed by atoms with van der Waals surface area (Å²) in [5.74, 6) is 0.883. The number of carbonyl (C=O) groups excluding carboxylic acids is 1. The Hall–Kier alpha value is -0.600. The van der Waals surface area contributed by atoms with Gasteiger partial charge in [0.1, 0.15) is 0 Å². The first-order chi connectivity index (χ1) is 7.95. The molecule has 0 aromatic carbocycles. The summed E-state index contributed by atoms with van der Waals surface area (Å²) in [6.45, 7) is 0.226. The Morgan fingerprint density at radius 1 is 1.47 bits per heavy atom. The second kappa shape index (κ2) is 9.43.